The van der Waals surface area contributed by atoms with Crippen molar-refractivity contribution in [3.8, 4) is 0 Å². The Labute approximate surface area is 181 Å². The van der Waals surface area contributed by atoms with Gasteiger partial charge in [0.25, 0.3) is 0 Å². The zero-order valence-corrected chi connectivity index (χ0v) is 19.2. The van der Waals surface area contributed by atoms with E-state index in [1.807, 2.05) is 31.7 Å². The summed E-state index contributed by atoms with van der Waals surface area (Å²) in [5, 5.41) is 0. The number of amides is 1. The molecule has 0 spiro atoms. The van der Waals surface area contributed by atoms with Crippen LogP contribution in [0.15, 0.2) is 18.2 Å². The fourth-order valence-electron chi connectivity index (χ4n) is 5.29. The number of aromatic nitrogens is 1. The van der Waals surface area contributed by atoms with Crippen LogP contribution in [0.3, 0.4) is 0 Å². The van der Waals surface area contributed by atoms with Gasteiger partial charge in [-0.2, -0.15) is 0 Å². The van der Waals surface area contributed by atoms with E-state index in [4.69, 9.17) is 15.5 Å². The molecular formula is C25H37N3O2. The van der Waals surface area contributed by atoms with Gasteiger partial charge in [-0.05, 0) is 88.8 Å². The number of carbonyl (C=O) groups is 1. The summed E-state index contributed by atoms with van der Waals surface area (Å²) < 4.78 is 5.68. The molecule has 3 heterocycles. The lowest BCUT2D eigenvalue weighted by molar-refractivity contribution is 0.00570. The minimum absolute atomic E-state index is 0.158. The van der Waals surface area contributed by atoms with E-state index in [0.29, 0.717) is 11.3 Å². The Kier molecular flexibility index (Phi) is 5.36. The number of nitrogens with two attached hydrogens (primary N) is 1. The maximum Gasteiger partial charge on any atom is 0.410 e. The minimum atomic E-state index is -0.455. The predicted molar refractivity (Wildman–Crippen MR) is 121 cm³/mol. The number of rotatable bonds is 2. The van der Waals surface area contributed by atoms with Crippen molar-refractivity contribution < 1.29 is 9.53 Å². The van der Waals surface area contributed by atoms with E-state index in [-0.39, 0.29) is 18.2 Å². The Bertz CT molecular complexity index is 838. The number of nitrogen functional groups attached to an aromatic ring is 1. The first-order chi connectivity index (χ1) is 14.0. The number of fused-ring (bicyclic) bond motifs is 2. The summed E-state index contributed by atoms with van der Waals surface area (Å²) in [4.78, 5) is 19.8. The normalized spacial score (nSPS) is 28.2. The Morgan fingerprint density at radius 3 is 2.43 bits per heavy atom. The topological polar surface area (TPSA) is 68.5 Å². The molecule has 1 amide bonds. The third-order valence-corrected chi connectivity index (χ3v) is 6.98. The number of hydrogen-bond acceptors (Lipinski definition) is 4. The third-order valence-electron chi connectivity index (χ3n) is 6.98. The fourth-order valence-corrected chi connectivity index (χ4v) is 5.29. The number of piperidine rings is 1. The molecule has 1 aromatic heterocycles. The average molecular weight is 412 g/mol. The van der Waals surface area contributed by atoms with E-state index in [1.165, 1.54) is 12.0 Å². The summed E-state index contributed by atoms with van der Waals surface area (Å²) in [6.45, 7) is 10.4. The molecule has 0 aromatic carbocycles. The molecule has 2 bridgehead atoms. The summed E-state index contributed by atoms with van der Waals surface area (Å²) in [6.07, 6.45) is 9.49. The molecule has 2 N–H and O–H groups in total. The van der Waals surface area contributed by atoms with Crippen molar-refractivity contribution in [2.75, 3.05) is 5.73 Å². The van der Waals surface area contributed by atoms with Crippen molar-refractivity contribution >= 4 is 17.4 Å². The van der Waals surface area contributed by atoms with E-state index in [9.17, 15) is 4.79 Å². The molecule has 2 unspecified atom stereocenters. The Hall–Kier alpha value is -2.04. The van der Waals surface area contributed by atoms with E-state index in [1.54, 1.807) is 0 Å². The lowest BCUT2D eigenvalue weighted by Gasteiger charge is -2.39. The number of pyridine rings is 1. The molecule has 2 atom stereocenters. The zero-order chi connectivity index (χ0) is 21.7. The summed E-state index contributed by atoms with van der Waals surface area (Å²) in [7, 11) is 0. The molecule has 2 saturated heterocycles. The molecule has 5 nitrogen and oxygen atoms in total. The van der Waals surface area contributed by atoms with E-state index >= 15 is 0 Å². The van der Waals surface area contributed by atoms with Crippen LogP contribution in [0.25, 0.3) is 5.57 Å². The lowest BCUT2D eigenvalue weighted by atomic mass is 9.77. The van der Waals surface area contributed by atoms with Crippen LogP contribution in [0.1, 0.15) is 96.9 Å². The van der Waals surface area contributed by atoms with Gasteiger partial charge in [-0.1, -0.05) is 19.9 Å². The monoisotopic (exact) mass is 411 g/mol. The molecule has 5 heteroatoms. The predicted octanol–water partition coefficient (Wildman–Crippen LogP) is 5.90. The van der Waals surface area contributed by atoms with Crippen molar-refractivity contribution in [2.24, 2.45) is 5.41 Å². The first kappa shape index (κ1) is 21.2. The van der Waals surface area contributed by atoms with Crippen molar-refractivity contribution in [2.45, 2.75) is 103 Å². The van der Waals surface area contributed by atoms with Crippen LogP contribution >= 0.6 is 0 Å². The Morgan fingerprint density at radius 1 is 1.20 bits per heavy atom. The molecule has 30 heavy (non-hydrogen) atoms. The molecule has 1 aromatic rings. The van der Waals surface area contributed by atoms with Crippen molar-refractivity contribution in [1.29, 1.82) is 0 Å². The quantitative estimate of drug-likeness (QED) is 0.657. The molecular weight excluding hydrogens is 374 g/mol. The second-order valence-corrected chi connectivity index (χ2v) is 11.2. The smallest absolute Gasteiger partial charge is 0.410 e. The summed E-state index contributed by atoms with van der Waals surface area (Å²) in [5.74, 6) is 0.376. The highest BCUT2D eigenvalue weighted by atomic mass is 16.6. The van der Waals surface area contributed by atoms with Gasteiger partial charge in [0.2, 0.25) is 0 Å². The standard InChI is InChI=1S/C25H37N3O2/c1-24(2,3)30-23(29)28-18-6-7-19(28)15-17(14-18)21-9-8-20(26)22(27-21)16-10-12-25(4,5)13-11-16/h8-10,17-19H,6-7,11-15,26H2,1-5H3. The summed E-state index contributed by atoms with van der Waals surface area (Å²) in [6, 6.07) is 4.63. The van der Waals surface area contributed by atoms with Crippen molar-refractivity contribution in [1.82, 2.24) is 9.88 Å². The first-order valence-electron chi connectivity index (χ1n) is 11.5. The molecule has 164 valence electrons. The van der Waals surface area contributed by atoms with Crippen LogP contribution in [0.2, 0.25) is 0 Å². The lowest BCUT2D eigenvalue weighted by Crippen LogP contribution is -2.48. The van der Waals surface area contributed by atoms with E-state index in [0.717, 1.165) is 55.6 Å². The minimum Gasteiger partial charge on any atom is -0.444 e. The first-order valence-corrected chi connectivity index (χ1v) is 11.5. The van der Waals surface area contributed by atoms with Crippen LogP contribution < -0.4 is 5.73 Å². The average Bonchev–Trinajstić information content (AvgIpc) is 2.91. The SMILES string of the molecule is CC1(C)CC=C(c2nc(C3CC4CCC(C3)N4C(=O)OC(C)(C)C)ccc2N)CC1. The Morgan fingerprint density at radius 2 is 1.87 bits per heavy atom. The number of ether oxygens (including phenoxy) is 1. The second-order valence-electron chi connectivity index (χ2n) is 11.2. The second kappa shape index (κ2) is 7.58. The van der Waals surface area contributed by atoms with Gasteiger partial charge in [-0.15, -0.1) is 0 Å². The van der Waals surface area contributed by atoms with Crippen molar-refractivity contribution in [3.05, 3.63) is 29.6 Å². The number of allylic oxidation sites excluding steroid dienone is 2. The number of nitrogens with zero attached hydrogens (tertiary/aromatic N) is 2. The third kappa shape index (κ3) is 4.35. The molecule has 2 aliphatic heterocycles. The van der Waals surface area contributed by atoms with Crippen LogP contribution in [-0.4, -0.2) is 33.7 Å². The maximum atomic E-state index is 12.7. The van der Waals surface area contributed by atoms with Crippen LogP contribution in [0.5, 0.6) is 0 Å². The molecule has 4 rings (SSSR count). The van der Waals surface area contributed by atoms with Gasteiger partial charge in [0.1, 0.15) is 5.60 Å². The molecule has 2 fully saturated rings. The number of hydrogen-bond donors (Lipinski definition) is 1. The molecule has 1 aliphatic carbocycles. The van der Waals surface area contributed by atoms with Gasteiger partial charge in [-0.3, -0.25) is 4.98 Å². The van der Waals surface area contributed by atoms with Gasteiger partial charge in [-0.25, -0.2) is 4.79 Å². The summed E-state index contributed by atoms with van der Waals surface area (Å²) >= 11 is 0. The number of anilines is 1. The highest BCUT2D eigenvalue weighted by Gasteiger charge is 2.45. The maximum absolute atomic E-state index is 12.7. The number of carbonyl (C=O) groups excluding carboxylic acids is 1. The van der Waals surface area contributed by atoms with E-state index < -0.39 is 5.60 Å². The Balaban J connectivity index is 1.52. The van der Waals surface area contributed by atoms with Gasteiger partial charge < -0.3 is 15.4 Å². The fraction of sp³-hybridized carbons (Fsp3) is 0.680. The van der Waals surface area contributed by atoms with Crippen LogP contribution in [-0.2, 0) is 4.74 Å². The molecule has 0 saturated carbocycles. The van der Waals surface area contributed by atoms with Crippen molar-refractivity contribution in [3.63, 3.8) is 0 Å². The molecule has 0 radical (unpaired) electrons. The van der Waals surface area contributed by atoms with Gasteiger partial charge in [0.15, 0.2) is 0 Å². The van der Waals surface area contributed by atoms with Gasteiger partial charge in [0, 0.05) is 23.7 Å². The van der Waals surface area contributed by atoms with Crippen LogP contribution in [0, 0.1) is 5.41 Å². The highest BCUT2D eigenvalue weighted by Crippen LogP contribution is 2.44. The zero-order valence-electron chi connectivity index (χ0n) is 19.2. The van der Waals surface area contributed by atoms with Crippen LogP contribution in [0.4, 0.5) is 10.5 Å². The van der Waals surface area contributed by atoms with Gasteiger partial charge >= 0.3 is 6.09 Å². The van der Waals surface area contributed by atoms with E-state index in [2.05, 4.69) is 26.0 Å². The largest absolute Gasteiger partial charge is 0.444 e. The van der Waals surface area contributed by atoms with Gasteiger partial charge in [0.05, 0.1) is 11.4 Å². The highest BCUT2D eigenvalue weighted by molar-refractivity contribution is 5.73. The molecule has 3 aliphatic rings. The summed E-state index contributed by atoms with van der Waals surface area (Å²) in [5.41, 5.74) is 10.4.